The van der Waals surface area contributed by atoms with Gasteiger partial charge in [-0.2, -0.15) is 0 Å². The highest BCUT2D eigenvalue weighted by molar-refractivity contribution is 5.76. The smallest absolute Gasteiger partial charge is 0.182 e. The summed E-state index contributed by atoms with van der Waals surface area (Å²) in [6.45, 7) is 0. The van der Waals surface area contributed by atoms with Gasteiger partial charge in [-0.15, -0.1) is 0 Å². The molecule has 0 aliphatic heterocycles. The minimum Gasteiger partial charge on any atom is -0.411 e. The van der Waals surface area contributed by atoms with Crippen molar-refractivity contribution in [3.8, 4) is 11.8 Å². The van der Waals surface area contributed by atoms with Crippen molar-refractivity contribution < 1.29 is 14.6 Å². The first-order chi connectivity index (χ1) is 8.79. The molecule has 18 heavy (non-hydrogen) atoms. The third-order valence-electron chi connectivity index (χ3n) is 2.10. The van der Waals surface area contributed by atoms with Crippen molar-refractivity contribution in [3.63, 3.8) is 0 Å². The number of hydrogen-bond acceptors (Lipinski definition) is 3. The van der Waals surface area contributed by atoms with Crippen LogP contribution in [0.15, 0.2) is 41.8 Å². The Hall–Kier alpha value is -2.74. The molecule has 0 radical (unpaired) electrons. The lowest BCUT2D eigenvalue weighted by atomic mass is 10.2. The molecule has 2 aromatic heterocycles. The van der Waals surface area contributed by atoms with Crippen LogP contribution in [0.2, 0.25) is 0 Å². The van der Waals surface area contributed by atoms with Gasteiger partial charge in [-0.05, 0) is 24.1 Å². The average molecular weight is 242 g/mol. The summed E-state index contributed by atoms with van der Waals surface area (Å²) in [5.74, 6) is 5.11. The molecular weight excluding hydrogens is 233 g/mol. The summed E-state index contributed by atoms with van der Waals surface area (Å²) in [5, 5.41) is 11.1. The van der Waals surface area contributed by atoms with E-state index in [1.54, 1.807) is 12.4 Å². The molecule has 0 fully saturated rings. The maximum absolute atomic E-state index is 13.2. The van der Waals surface area contributed by atoms with Gasteiger partial charge in [0.05, 0.1) is 11.8 Å². The van der Waals surface area contributed by atoms with Crippen molar-refractivity contribution >= 4 is 6.21 Å². The summed E-state index contributed by atoms with van der Waals surface area (Å²) in [7, 11) is 0. The quantitative estimate of drug-likeness (QED) is 0.354. The van der Waals surface area contributed by atoms with Crippen molar-refractivity contribution in [2.45, 2.75) is 0 Å². The third kappa shape index (κ3) is 2.89. The first-order valence-corrected chi connectivity index (χ1v) is 5.12. The highest BCUT2D eigenvalue weighted by atomic mass is 19.1. The van der Waals surface area contributed by atoms with E-state index in [4.69, 9.17) is 5.21 Å². The molecule has 0 amide bonds. The zero-order valence-corrected chi connectivity index (χ0v) is 9.26. The molecule has 0 unspecified atom stereocenters. The zero-order chi connectivity index (χ0) is 12.8. The maximum atomic E-state index is 13.2. The summed E-state index contributed by atoms with van der Waals surface area (Å²) >= 11 is 0. The summed E-state index contributed by atoms with van der Waals surface area (Å²) in [6, 6.07) is 6.35. The van der Waals surface area contributed by atoms with Crippen LogP contribution in [-0.2, 0) is 0 Å². The number of hydrogen-bond donors (Lipinski definition) is 1. The molecule has 0 aliphatic carbocycles. The molecule has 2 rings (SSSR count). The average Bonchev–Trinajstić information content (AvgIpc) is 2.41. The highest BCUT2D eigenvalue weighted by Gasteiger charge is 2.01. The largest absolute Gasteiger partial charge is 0.411 e. The second-order valence-corrected chi connectivity index (χ2v) is 3.35. The number of nitrogens with one attached hydrogen (secondary N) is 1. The van der Waals surface area contributed by atoms with Crippen molar-refractivity contribution in [1.82, 2.24) is 4.98 Å². The molecule has 2 N–H and O–H groups in total. The van der Waals surface area contributed by atoms with Gasteiger partial charge >= 0.3 is 0 Å². The molecule has 0 spiro atoms. The molecule has 0 aromatic carbocycles. The Morgan fingerprint density at radius 3 is 2.94 bits per heavy atom. The van der Waals surface area contributed by atoms with Crippen LogP contribution in [0.3, 0.4) is 0 Å². The van der Waals surface area contributed by atoms with Crippen LogP contribution in [0.4, 0.5) is 4.39 Å². The van der Waals surface area contributed by atoms with E-state index >= 15 is 0 Å². The molecular formula is C13H9FN3O+. The van der Waals surface area contributed by atoms with Gasteiger partial charge in [0, 0.05) is 6.07 Å². The number of oxime groups is 1. The van der Waals surface area contributed by atoms with E-state index < -0.39 is 5.82 Å². The maximum Gasteiger partial charge on any atom is 0.182 e. The molecule has 0 atom stereocenters. The third-order valence-corrected chi connectivity index (χ3v) is 2.10. The molecule has 0 bridgehead atoms. The zero-order valence-electron chi connectivity index (χ0n) is 9.26. The van der Waals surface area contributed by atoms with Crippen LogP contribution in [-0.4, -0.2) is 16.4 Å². The summed E-state index contributed by atoms with van der Waals surface area (Å²) in [6.07, 6.45) is 4.45. The van der Waals surface area contributed by atoms with Gasteiger partial charge < -0.3 is 5.21 Å². The fourth-order valence-corrected chi connectivity index (χ4v) is 1.28. The lowest BCUT2D eigenvalue weighted by Crippen LogP contribution is -1.98. The Morgan fingerprint density at radius 2 is 2.22 bits per heavy atom. The highest BCUT2D eigenvalue weighted by Crippen LogP contribution is 2.03. The standard InChI is InChI=1S/C13H8FN3O/c14-12-6-5-11(17-13(12)9-16-18)4-3-10-2-1-7-15-8-10/h1-2,5-9,18H/p+1/b16-9+. The Labute approximate surface area is 103 Å². The van der Waals surface area contributed by atoms with Gasteiger partial charge in [-0.25, -0.2) is 14.4 Å². The van der Waals surface area contributed by atoms with E-state index in [1.165, 1.54) is 12.1 Å². The van der Waals surface area contributed by atoms with E-state index in [2.05, 4.69) is 27.0 Å². The normalized spacial score (nSPS) is 10.1. The van der Waals surface area contributed by atoms with E-state index in [9.17, 15) is 4.39 Å². The second kappa shape index (κ2) is 5.55. The van der Waals surface area contributed by atoms with Crippen molar-refractivity contribution in [3.05, 3.63) is 59.4 Å². The number of pyridine rings is 2. The first-order valence-electron chi connectivity index (χ1n) is 5.12. The lowest BCUT2D eigenvalue weighted by molar-refractivity contribution is -0.378. The van der Waals surface area contributed by atoms with E-state index in [1.807, 2.05) is 12.1 Å². The lowest BCUT2D eigenvalue weighted by Gasteiger charge is -1.95. The van der Waals surface area contributed by atoms with E-state index in [0.717, 1.165) is 11.8 Å². The number of aromatic amines is 1. The van der Waals surface area contributed by atoms with Crippen molar-refractivity contribution in [2.75, 3.05) is 0 Å². The predicted octanol–water partition coefficient (Wildman–Crippen LogP) is 1.24. The first kappa shape index (κ1) is 11.7. The monoisotopic (exact) mass is 242 g/mol. The van der Waals surface area contributed by atoms with Gasteiger partial charge in [0.2, 0.25) is 0 Å². The molecule has 5 heteroatoms. The number of halogens is 1. The van der Waals surface area contributed by atoms with Crippen LogP contribution < -0.4 is 4.98 Å². The molecule has 88 valence electrons. The number of H-pyrrole nitrogens is 1. The van der Waals surface area contributed by atoms with Gasteiger partial charge in [0.25, 0.3) is 0 Å². The molecule has 2 aromatic rings. The Balaban J connectivity index is 2.31. The molecule has 0 aliphatic rings. The van der Waals surface area contributed by atoms with Crippen LogP contribution in [0.25, 0.3) is 0 Å². The topological polar surface area (TPSA) is 59.6 Å². The van der Waals surface area contributed by atoms with Gasteiger partial charge in [0.15, 0.2) is 18.2 Å². The Kier molecular flexibility index (Phi) is 3.62. The van der Waals surface area contributed by atoms with Crippen LogP contribution >= 0.6 is 0 Å². The van der Waals surface area contributed by atoms with Gasteiger partial charge in [-0.1, -0.05) is 11.1 Å². The van der Waals surface area contributed by atoms with E-state index in [-0.39, 0.29) is 5.69 Å². The number of rotatable bonds is 1. The molecule has 0 saturated carbocycles. The molecule has 2 heterocycles. The summed E-state index contributed by atoms with van der Waals surface area (Å²) in [4.78, 5) is 6.81. The minimum atomic E-state index is -0.564. The fourth-order valence-electron chi connectivity index (χ4n) is 1.28. The fraction of sp³-hybridized carbons (Fsp3) is 0. The SMILES string of the molecule is O/N=C/c1nc(C#Cc2ccc[nH+]c2)ccc1F. The Bertz CT molecular complexity index is 630. The second-order valence-electron chi connectivity index (χ2n) is 3.35. The number of aromatic nitrogens is 2. The molecule has 0 saturated heterocycles. The number of nitrogens with zero attached hydrogens (tertiary/aromatic N) is 2. The molecule has 4 nitrogen and oxygen atoms in total. The van der Waals surface area contributed by atoms with Gasteiger partial charge in [0.1, 0.15) is 11.4 Å². The van der Waals surface area contributed by atoms with Crippen LogP contribution in [0, 0.1) is 17.7 Å². The van der Waals surface area contributed by atoms with Gasteiger partial charge in [-0.3, -0.25) is 0 Å². The van der Waals surface area contributed by atoms with Crippen LogP contribution in [0.1, 0.15) is 17.0 Å². The van der Waals surface area contributed by atoms with Crippen molar-refractivity contribution in [2.24, 2.45) is 5.16 Å². The summed E-state index contributed by atoms with van der Waals surface area (Å²) in [5.41, 5.74) is 1.14. The Morgan fingerprint density at radius 1 is 1.33 bits per heavy atom. The van der Waals surface area contributed by atoms with Crippen LogP contribution in [0.5, 0.6) is 0 Å². The van der Waals surface area contributed by atoms with E-state index in [0.29, 0.717) is 5.69 Å². The van der Waals surface area contributed by atoms with Crippen molar-refractivity contribution in [1.29, 1.82) is 0 Å². The minimum absolute atomic E-state index is 0.0519. The predicted molar refractivity (Wildman–Crippen MR) is 62.6 cm³/mol. The summed E-state index contributed by atoms with van der Waals surface area (Å²) < 4.78 is 13.2.